The third-order valence-corrected chi connectivity index (χ3v) is 15.1. The zero-order valence-electron chi connectivity index (χ0n) is 49.3. The van der Waals surface area contributed by atoms with Gasteiger partial charge in [0.2, 0.25) is 5.91 Å². The highest BCUT2D eigenvalue weighted by molar-refractivity contribution is 5.76. The molecule has 2 heterocycles. The third kappa shape index (κ3) is 35.2. The Bertz CT molecular complexity index is 1600. The highest BCUT2D eigenvalue weighted by Gasteiger charge is 2.51. The highest BCUT2D eigenvalue weighted by Crippen LogP contribution is 2.30. The molecule has 12 atom stereocenters. The van der Waals surface area contributed by atoms with Crippen molar-refractivity contribution in [1.82, 2.24) is 5.32 Å². The first-order valence-corrected chi connectivity index (χ1v) is 31.7. The van der Waals surface area contributed by atoms with Gasteiger partial charge in [0.05, 0.1) is 32.0 Å². The van der Waals surface area contributed by atoms with Crippen molar-refractivity contribution in [3.05, 3.63) is 72.9 Å². The van der Waals surface area contributed by atoms with Gasteiger partial charge in [-0.1, -0.05) is 228 Å². The number of unbranched alkanes of at least 4 members (excludes halogenated alkanes) is 27. The predicted molar refractivity (Wildman–Crippen MR) is 318 cm³/mol. The van der Waals surface area contributed by atoms with E-state index in [1.54, 1.807) is 6.08 Å². The summed E-state index contributed by atoms with van der Waals surface area (Å²) < 4.78 is 22.7. The van der Waals surface area contributed by atoms with Gasteiger partial charge in [-0.25, -0.2) is 0 Å². The van der Waals surface area contributed by atoms with Crippen molar-refractivity contribution >= 4 is 5.91 Å². The number of nitrogens with one attached hydrogen (secondary N) is 1. The smallest absolute Gasteiger partial charge is 0.220 e. The summed E-state index contributed by atoms with van der Waals surface area (Å²) in [6.45, 7) is 2.64. The van der Waals surface area contributed by atoms with Gasteiger partial charge >= 0.3 is 0 Å². The summed E-state index contributed by atoms with van der Waals surface area (Å²) in [5, 5.41) is 87.0. The molecule has 0 aromatic heterocycles. The van der Waals surface area contributed by atoms with Crippen LogP contribution in [0.25, 0.3) is 0 Å². The van der Waals surface area contributed by atoms with Crippen molar-refractivity contribution in [3.8, 4) is 0 Å². The van der Waals surface area contributed by atoms with Crippen LogP contribution in [-0.4, -0.2) is 140 Å². The van der Waals surface area contributed by atoms with E-state index in [1.165, 1.54) is 141 Å². The van der Waals surface area contributed by atoms with Crippen LogP contribution in [0, 0.1) is 0 Å². The van der Waals surface area contributed by atoms with Crippen molar-refractivity contribution < 1.29 is 64.6 Å². The number of rotatable bonds is 50. The maximum atomic E-state index is 13.2. The lowest BCUT2D eigenvalue weighted by Gasteiger charge is -2.46. The first-order valence-electron chi connectivity index (χ1n) is 31.7. The molecule has 0 radical (unpaired) electrons. The lowest BCUT2D eigenvalue weighted by atomic mass is 9.97. The van der Waals surface area contributed by atoms with E-state index < -0.39 is 86.8 Å². The van der Waals surface area contributed by atoms with Crippen LogP contribution in [0.2, 0.25) is 0 Å². The third-order valence-electron chi connectivity index (χ3n) is 15.1. The molecule has 0 aromatic carbocycles. The molecule has 2 fully saturated rings. The molecule has 0 spiro atoms. The maximum Gasteiger partial charge on any atom is 0.220 e. The zero-order chi connectivity index (χ0) is 57.4. The van der Waals surface area contributed by atoms with Crippen LogP contribution in [0.3, 0.4) is 0 Å². The minimum Gasteiger partial charge on any atom is -0.394 e. The van der Waals surface area contributed by atoms with E-state index in [-0.39, 0.29) is 18.9 Å². The number of carbonyl (C=O) groups excluding carboxylic acids is 1. The molecule has 14 heteroatoms. The van der Waals surface area contributed by atoms with Gasteiger partial charge in [0.25, 0.3) is 0 Å². The van der Waals surface area contributed by atoms with E-state index in [1.807, 2.05) is 6.08 Å². The lowest BCUT2D eigenvalue weighted by molar-refractivity contribution is -0.359. The van der Waals surface area contributed by atoms with Crippen LogP contribution in [0.5, 0.6) is 0 Å². The van der Waals surface area contributed by atoms with Gasteiger partial charge in [0, 0.05) is 6.42 Å². The van der Waals surface area contributed by atoms with Gasteiger partial charge in [-0.15, -0.1) is 0 Å². The van der Waals surface area contributed by atoms with E-state index in [9.17, 15) is 45.6 Å². The summed E-state index contributed by atoms with van der Waals surface area (Å²) in [5.41, 5.74) is 0. The molecule has 2 aliphatic rings. The van der Waals surface area contributed by atoms with Crippen molar-refractivity contribution in [2.24, 2.45) is 0 Å². The van der Waals surface area contributed by atoms with E-state index >= 15 is 0 Å². The van der Waals surface area contributed by atoms with E-state index in [0.29, 0.717) is 12.8 Å². The topological polar surface area (TPSA) is 228 Å². The minimum atomic E-state index is -1.80. The molecule has 9 N–H and O–H groups in total. The fraction of sp³-hybridized carbons (Fsp3) is 0.800. The average Bonchev–Trinajstić information content (AvgIpc) is 3.45. The van der Waals surface area contributed by atoms with E-state index in [0.717, 1.165) is 64.2 Å². The summed E-state index contributed by atoms with van der Waals surface area (Å²) in [6, 6.07) is -0.957. The van der Waals surface area contributed by atoms with Crippen LogP contribution in [-0.2, 0) is 23.7 Å². The molecule has 0 saturated carbocycles. The molecular formula is C65H115NO13. The van der Waals surface area contributed by atoms with Crippen LogP contribution in [0.4, 0.5) is 0 Å². The molecule has 79 heavy (non-hydrogen) atoms. The van der Waals surface area contributed by atoms with Crippen molar-refractivity contribution in [2.45, 2.75) is 312 Å². The molecule has 14 nitrogen and oxygen atoms in total. The first-order chi connectivity index (χ1) is 38.6. The number of amides is 1. The van der Waals surface area contributed by atoms with Crippen molar-refractivity contribution in [3.63, 3.8) is 0 Å². The second kappa shape index (κ2) is 50.0. The monoisotopic (exact) mass is 1120 g/mol. The number of carbonyl (C=O) groups is 1. The summed E-state index contributed by atoms with van der Waals surface area (Å²) in [4.78, 5) is 13.2. The average molecular weight is 1120 g/mol. The Kier molecular flexibility index (Phi) is 45.9. The Morgan fingerprint density at radius 3 is 1.39 bits per heavy atom. The molecule has 0 aliphatic carbocycles. The number of hydrogen-bond acceptors (Lipinski definition) is 13. The fourth-order valence-corrected chi connectivity index (χ4v) is 10.0. The van der Waals surface area contributed by atoms with Gasteiger partial charge in [-0.2, -0.15) is 0 Å². The quantitative estimate of drug-likeness (QED) is 0.0204. The molecule has 12 unspecified atom stereocenters. The van der Waals surface area contributed by atoms with Crippen LogP contribution in [0.15, 0.2) is 72.9 Å². The normalized spacial score (nSPS) is 24.9. The number of ether oxygens (including phenoxy) is 4. The molecular weight excluding hydrogens is 1000 g/mol. The lowest BCUT2D eigenvalue weighted by Crippen LogP contribution is -2.65. The van der Waals surface area contributed by atoms with Crippen LogP contribution < -0.4 is 5.32 Å². The number of hydrogen-bond donors (Lipinski definition) is 9. The van der Waals surface area contributed by atoms with Gasteiger partial charge in [-0.3, -0.25) is 4.79 Å². The molecule has 0 bridgehead atoms. The number of aliphatic hydroxyl groups is 8. The van der Waals surface area contributed by atoms with E-state index in [2.05, 4.69) is 79.9 Å². The molecule has 1 amide bonds. The Hall–Kier alpha value is -2.57. The molecule has 458 valence electrons. The number of aliphatic hydroxyl groups excluding tert-OH is 8. The Labute approximate surface area is 478 Å². The molecule has 2 aliphatic heterocycles. The first kappa shape index (κ1) is 72.5. The summed E-state index contributed by atoms with van der Waals surface area (Å²) in [7, 11) is 0. The Morgan fingerprint density at radius 2 is 0.886 bits per heavy atom. The van der Waals surface area contributed by atoms with Gasteiger partial charge in [-0.05, 0) is 77.0 Å². The van der Waals surface area contributed by atoms with Crippen molar-refractivity contribution in [2.75, 3.05) is 19.8 Å². The van der Waals surface area contributed by atoms with Crippen LogP contribution in [0.1, 0.15) is 239 Å². The molecule has 0 aromatic rings. The summed E-state index contributed by atoms with van der Waals surface area (Å²) >= 11 is 0. The maximum absolute atomic E-state index is 13.2. The van der Waals surface area contributed by atoms with Gasteiger partial charge < -0.3 is 65.1 Å². The second-order valence-electron chi connectivity index (χ2n) is 22.1. The molecule has 2 saturated heterocycles. The summed E-state index contributed by atoms with van der Waals surface area (Å²) in [5.74, 6) is -0.284. The number of allylic oxidation sites excluding steroid dienone is 11. The largest absolute Gasteiger partial charge is 0.394 e. The van der Waals surface area contributed by atoms with Crippen LogP contribution >= 0.6 is 0 Å². The van der Waals surface area contributed by atoms with Crippen molar-refractivity contribution in [1.29, 1.82) is 0 Å². The second-order valence-corrected chi connectivity index (χ2v) is 22.1. The van der Waals surface area contributed by atoms with Gasteiger partial charge in [0.15, 0.2) is 12.6 Å². The highest BCUT2D eigenvalue weighted by atomic mass is 16.7. The Morgan fingerprint density at radius 1 is 0.468 bits per heavy atom. The standard InChI is InChI=1S/C65H115NO13/c1-3-5-7-9-11-13-15-17-18-19-20-21-22-23-24-25-26-27-28-29-30-31-32-33-34-35-37-38-40-42-44-46-48-54(69)53(66-57(70)49-47-45-43-41-39-36-16-14-12-10-8-6-4-2)52-76-64-62(75)60(73)63(56(51-68)78-64)79-65-61(74)59(72)58(71)55(50-67)77-65/h6,8,12,14,33-34,36,38-40,46,48,53-56,58-65,67-69,71-75H,3-5,7,9-11,13,15-32,35,37,41-45,47,49-52H2,1-2H3,(H,66,70)/b8-6-,14-12-,34-33+,39-36-,40-38+,48-46+. The summed E-state index contributed by atoms with van der Waals surface area (Å²) in [6.07, 6.45) is 49.9. The van der Waals surface area contributed by atoms with E-state index in [4.69, 9.17) is 18.9 Å². The predicted octanol–water partition coefficient (Wildman–Crippen LogP) is 11.5. The SMILES string of the molecule is CC/C=C\C/C=C\C/C=C\CCCCCC(=O)NC(COC1OC(CO)C(OC2OC(CO)C(O)C(O)C2O)C(O)C1O)C(O)/C=C/CC/C=C/CC/C=C/CCCCCCCCCCCCCCCCCCCCCCCC. The Balaban J connectivity index is 1.70. The molecule has 2 rings (SSSR count). The fourth-order valence-electron chi connectivity index (χ4n) is 10.0. The van der Waals surface area contributed by atoms with Gasteiger partial charge in [0.1, 0.15) is 48.8 Å². The zero-order valence-corrected chi connectivity index (χ0v) is 49.3. The minimum absolute atomic E-state index is 0.231.